The summed E-state index contributed by atoms with van der Waals surface area (Å²) in [5.41, 5.74) is 2.70. The second kappa shape index (κ2) is 7.13. The van der Waals surface area contributed by atoms with Crippen LogP contribution in [-0.4, -0.2) is 19.2 Å². The van der Waals surface area contributed by atoms with Gasteiger partial charge in [-0.05, 0) is 24.3 Å². The van der Waals surface area contributed by atoms with E-state index in [0.717, 1.165) is 0 Å². The molecule has 0 aliphatic heterocycles. The fraction of sp³-hybridized carbons (Fsp3) is 0.105. The number of benzene rings is 1. The number of allylic oxidation sites excluding steroid dienone is 2. The Hall–Kier alpha value is -3.57. The third-order valence-electron chi connectivity index (χ3n) is 3.50. The molecule has 5 nitrogen and oxygen atoms in total. The molecule has 118 valence electrons. The number of pyridine rings is 1. The van der Waals surface area contributed by atoms with E-state index in [1.165, 1.54) is 7.11 Å². The van der Waals surface area contributed by atoms with Gasteiger partial charge in [0.25, 0.3) is 0 Å². The maximum Gasteiger partial charge on any atom is 0.161 e. The SMILES string of the molecule is C=C(C#N)c1ccnc(-c2ccc(OC)c(OC)c2)c1C(=C)C#N. The van der Waals surface area contributed by atoms with Gasteiger partial charge in [0.15, 0.2) is 11.5 Å². The molecule has 0 N–H and O–H groups in total. The zero-order valence-corrected chi connectivity index (χ0v) is 13.5. The molecule has 1 heterocycles. The molecule has 24 heavy (non-hydrogen) atoms. The van der Waals surface area contributed by atoms with Crippen molar-refractivity contribution in [2.75, 3.05) is 14.2 Å². The van der Waals surface area contributed by atoms with Crippen LogP contribution in [0.5, 0.6) is 11.5 Å². The minimum atomic E-state index is 0.208. The molecule has 0 unspecified atom stereocenters. The molecule has 0 amide bonds. The van der Waals surface area contributed by atoms with E-state index in [2.05, 4.69) is 18.1 Å². The first-order valence-corrected chi connectivity index (χ1v) is 6.97. The van der Waals surface area contributed by atoms with Gasteiger partial charge in [-0.1, -0.05) is 13.2 Å². The van der Waals surface area contributed by atoms with Crippen molar-refractivity contribution in [2.24, 2.45) is 0 Å². The standard InChI is InChI=1S/C19H15N3O2/c1-12(10-20)15-7-8-22-19(18(15)13(2)11-21)14-5-6-16(23-3)17(9-14)24-4/h5-9H,1-2H2,3-4H3. The summed E-state index contributed by atoms with van der Waals surface area (Å²) in [6.07, 6.45) is 1.57. The van der Waals surface area contributed by atoms with Crippen molar-refractivity contribution in [3.8, 4) is 34.9 Å². The quantitative estimate of drug-likeness (QED) is 0.783. The van der Waals surface area contributed by atoms with Gasteiger partial charge in [-0.15, -0.1) is 0 Å². The number of ether oxygens (including phenoxy) is 2. The van der Waals surface area contributed by atoms with Crippen molar-refractivity contribution in [2.45, 2.75) is 0 Å². The molecule has 1 aromatic carbocycles. The molecular formula is C19H15N3O2. The van der Waals surface area contributed by atoms with Crippen LogP contribution in [0.2, 0.25) is 0 Å². The molecule has 0 aliphatic carbocycles. The van der Waals surface area contributed by atoms with Crippen molar-refractivity contribution in [3.05, 3.63) is 54.7 Å². The molecule has 0 bridgehead atoms. The number of nitriles is 2. The summed E-state index contributed by atoms with van der Waals surface area (Å²) >= 11 is 0. The Morgan fingerprint density at radius 1 is 1.00 bits per heavy atom. The molecule has 0 saturated heterocycles. The number of nitrogens with zero attached hydrogens (tertiary/aromatic N) is 3. The highest BCUT2D eigenvalue weighted by Crippen LogP contribution is 2.36. The largest absolute Gasteiger partial charge is 0.493 e. The van der Waals surface area contributed by atoms with Gasteiger partial charge in [-0.2, -0.15) is 10.5 Å². The first kappa shape index (κ1) is 16.8. The summed E-state index contributed by atoms with van der Waals surface area (Å²) in [7, 11) is 3.09. The molecule has 0 atom stereocenters. The van der Waals surface area contributed by atoms with Gasteiger partial charge in [0.05, 0.1) is 43.2 Å². The van der Waals surface area contributed by atoms with Gasteiger partial charge in [0.2, 0.25) is 0 Å². The lowest BCUT2D eigenvalue weighted by molar-refractivity contribution is 0.355. The Labute approximate surface area is 140 Å². The van der Waals surface area contributed by atoms with Crippen LogP contribution in [0.4, 0.5) is 0 Å². The van der Waals surface area contributed by atoms with Gasteiger partial charge in [-0.3, -0.25) is 4.98 Å². The second-order valence-corrected chi connectivity index (χ2v) is 4.83. The van der Waals surface area contributed by atoms with E-state index in [1.54, 1.807) is 37.6 Å². The Balaban J connectivity index is 2.76. The topological polar surface area (TPSA) is 78.9 Å². The molecule has 1 aromatic heterocycles. The average molecular weight is 317 g/mol. The first-order chi connectivity index (χ1) is 11.6. The minimum Gasteiger partial charge on any atom is -0.493 e. The fourth-order valence-electron chi connectivity index (χ4n) is 2.34. The van der Waals surface area contributed by atoms with Crippen LogP contribution in [0.15, 0.2) is 43.6 Å². The maximum absolute atomic E-state index is 9.29. The van der Waals surface area contributed by atoms with Crippen molar-refractivity contribution in [1.82, 2.24) is 4.98 Å². The van der Waals surface area contributed by atoms with Crippen LogP contribution in [0, 0.1) is 22.7 Å². The zero-order chi connectivity index (χ0) is 17.7. The van der Waals surface area contributed by atoms with Gasteiger partial charge in [-0.25, -0.2) is 0 Å². The Bertz CT molecular complexity index is 902. The van der Waals surface area contributed by atoms with E-state index in [4.69, 9.17) is 14.7 Å². The number of hydrogen-bond donors (Lipinski definition) is 0. The summed E-state index contributed by atoms with van der Waals surface area (Å²) in [5, 5.41) is 18.4. The molecule has 5 heteroatoms. The zero-order valence-electron chi connectivity index (χ0n) is 13.5. The molecule has 0 fully saturated rings. The molecule has 0 aliphatic rings. The fourth-order valence-corrected chi connectivity index (χ4v) is 2.34. The van der Waals surface area contributed by atoms with E-state index >= 15 is 0 Å². The Kier molecular flexibility index (Phi) is 4.99. The van der Waals surface area contributed by atoms with E-state index in [0.29, 0.717) is 33.9 Å². The van der Waals surface area contributed by atoms with Gasteiger partial charge < -0.3 is 9.47 Å². The van der Waals surface area contributed by atoms with Gasteiger partial charge >= 0.3 is 0 Å². The third kappa shape index (κ3) is 2.97. The number of aromatic nitrogens is 1. The molecule has 2 aromatic rings. The molecule has 2 rings (SSSR count). The highest BCUT2D eigenvalue weighted by Gasteiger charge is 2.17. The van der Waals surface area contributed by atoms with E-state index in [9.17, 15) is 5.26 Å². The number of methoxy groups -OCH3 is 2. The van der Waals surface area contributed by atoms with Crippen LogP contribution in [0.25, 0.3) is 22.4 Å². The normalized spacial score (nSPS) is 9.50. The highest BCUT2D eigenvalue weighted by molar-refractivity contribution is 5.93. The van der Waals surface area contributed by atoms with Crippen LogP contribution in [0.3, 0.4) is 0 Å². The Morgan fingerprint density at radius 2 is 1.67 bits per heavy atom. The van der Waals surface area contributed by atoms with Crippen LogP contribution >= 0.6 is 0 Å². The predicted octanol–water partition coefficient (Wildman–Crippen LogP) is 3.84. The molecule has 0 radical (unpaired) electrons. The lowest BCUT2D eigenvalue weighted by Crippen LogP contribution is -1.98. The highest BCUT2D eigenvalue weighted by atomic mass is 16.5. The van der Waals surface area contributed by atoms with E-state index in [-0.39, 0.29) is 11.1 Å². The van der Waals surface area contributed by atoms with E-state index in [1.807, 2.05) is 12.1 Å². The smallest absolute Gasteiger partial charge is 0.161 e. The summed E-state index contributed by atoms with van der Waals surface area (Å²) in [6.45, 7) is 7.51. The van der Waals surface area contributed by atoms with Crippen molar-refractivity contribution < 1.29 is 9.47 Å². The average Bonchev–Trinajstić information content (AvgIpc) is 2.65. The van der Waals surface area contributed by atoms with Crippen molar-refractivity contribution in [3.63, 3.8) is 0 Å². The van der Waals surface area contributed by atoms with Gasteiger partial charge in [0, 0.05) is 22.9 Å². The van der Waals surface area contributed by atoms with E-state index < -0.39 is 0 Å². The monoisotopic (exact) mass is 317 g/mol. The minimum absolute atomic E-state index is 0.208. The van der Waals surface area contributed by atoms with Gasteiger partial charge in [0.1, 0.15) is 0 Å². The summed E-state index contributed by atoms with van der Waals surface area (Å²) in [5.74, 6) is 1.12. The van der Waals surface area contributed by atoms with Crippen LogP contribution < -0.4 is 9.47 Å². The molecule has 0 spiro atoms. The lowest BCUT2D eigenvalue weighted by Gasteiger charge is -2.14. The number of hydrogen-bond acceptors (Lipinski definition) is 5. The third-order valence-corrected chi connectivity index (χ3v) is 3.50. The summed E-state index contributed by atoms with van der Waals surface area (Å²) in [6, 6.07) is 11.0. The predicted molar refractivity (Wildman–Crippen MR) is 92.1 cm³/mol. The van der Waals surface area contributed by atoms with Crippen LogP contribution in [0.1, 0.15) is 11.1 Å². The molecular weight excluding hydrogens is 302 g/mol. The summed E-state index contributed by atoms with van der Waals surface area (Å²) < 4.78 is 10.5. The first-order valence-electron chi connectivity index (χ1n) is 6.97. The molecule has 0 saturated carbocycles. The number of rotatable bonds is 5. The lowest BCUT2D eigenvalue weighted by atomic mass is 9.93. The van der Waals surface area contributed by atoms with Crippen molar-refractivity contribution >= 4 is 11.1 Å². The van der Waals surface area contributed by atoms with Crippen LogP contribution in [-0.2, 0) is 0 Å². The second-order valence-electron chi connectivity index (χ2n) is 4.83. The Morgan fingerprint density at radius 3 is 2.25 bits per heavy atom. The summed E-state index contributed by atoms with van der Waals surface area (Å²) in [4.78, 5) is 4.37. The maximum atomic E-state index is 9.29. The van der Waals surface area contributed by atoms with Crippen molar-refractivity contribution in [1.29, 1.82) is 10.5 Å².